The maximum absolute atomic E-state index is 13.2. The third-order valence-electron chi connectivity index (χ3n) is 5.47. The number of Topliss-reactive ketones (excluding diaryl/α,β-unsaturated/α-hetero) is 1. The molecule has 1 aliphatic rings. The molecule has 1 saturated heterocycles. The Morgan fingerprint density at radius 1 is 1.06 bits per heavy atom. The fourth-order valence-corrected chi connectivity index (χ4v) is 4.05. The molecule has 1 N–H and O–H groups in total. The number of halogens is 1. The van der Waals surface area contributed by atoms with E-state index in [-0.39, 0.29) is 23.4 Å². The summed E-state index contributed by atoms with van der Waals surface area (Å²) in [5.41, 5.74) is 0.644. The number of rotatable bonds is 8. The van der Waals surface area contributed by atoms with Crippen LogP contribution in [0.25, 0.3) is 5.76 Å². The van der Waals surface area contributed by atoms with Crippen molar-refractivity contribution in [2.24, 2.45) is 0 Å². The Labute approximate surface area is 197 Å². The van der Waals surface area contributed by atoms with Gasteiger partial charge >= 0.3 is 0 Å². The molecule has 3 rings (SSSR count). The standard InChI is InChI=1S/C24H27ClN2O6/c1-26(2)11-12-27-20(15-7-6-8-18(32-4)23(15)33-5)19(22(29)24(27)30)21(28)16-13-14(25)9-10-17(16)31-3/h6-10,13,20,28H,11-12H2,1-5H3/b21-19+. The topological polar surface area (TPSA) is 88.5 Å². The minimum absolute atomic E-state index is 0.0779. The lowest BCUT2D eigenvalue weighted by atomic mass is 9.94. The van der Waals surface area contributed by atoms with Crippen LogP contribution in [0.4, 0.5) is 0 Å². The average Bonchev–Trinajstić information content (AvgIpc) is 3.06. The Kier molecular flexibility index (Phi) is 7.50. The number of para-hydroxylation sites is 1. The predicted octanol–water partition coefficient (Wildman–Crippen LogP) is 3.35. The van der Waals surface area contributed by atoms with Crippen molar-refractivity contribution in [3.8, 4) is 17.2 Å². The van der Waals surface area contributed by atoms with E-state index < -0.39 is 17.7 Å². The van der Waals surface area contributed by atoms with Gasteiger partial charge in [0.05, 0.1) is 38.5 Å². The highest BCUT2D eigenvalue weighted by molar-refractivity contribution is 6.46. The third kappa shape index (κ3) is 4.62. The first-order valence-electron chi connectivity index (χ1n) is 10.2. The Hall–Kier alpha value is -3.23. The van der Waals surface area contributed by atoms with Gasteiger partial charge in [0.15, 0.2) is 11.5 Å². The Bertz CT molecular complexity index is 1100. The van der Waals surface area contributed by atoms with Crippen LogP contribution in [0.1, 0.15) is 17.2 Å². The summed E-state index contributed by atoms with van der Waals surface area (Å²) in [6.45, 7) is 0.766. The van der Waals surface area contributed by atoms with Crippen LogP contribution in [0.2, 0.25) is 5.02 Å². The molecule has 0 radical (unpaired) electrons. The van der Waals surface area contributed by atoms with E-state index in [9.17, 15) is 14.7 Å². The van der Waals surface area contributed by atoms with E-state index in [1.807, 2.05) is 19.0 Å². The molecule has 0 spiro atoms. The van der Waals surface area contributed by atoms with E-state index in [0.29, 0.717) is 34.4 Å². The van der Waals surface area contributed by atoms with Gasteiger partial charge in [-0.3, -0.25) is 9.59 Å². The second-order valence-electron chi connectivity index (χ2n) is 7.72. The van der Waals surface area contributed by atoms with Crippen LogP contribution in [0.3, 0.4) is 0 Å². The summed E-state index contributed by atoms with van der Waals surface area (Å²) in [5.74, 6) is -0.778. The van der Waals surface area contributed by atoms with Crippen molar-refractivity contribution in [3.05, 3.63) is 58.1 Å². The van der Waals surface area contributed by atoms with Gasteiger partial charge in [-0.05, 0) is 38.4 Å². The normalized spacial score (nSPS) is 17.5. The van der Waals surface area contributed by atoms with Crippen molar-refractivity contribution in [1.82, 2.24) is 9.80 Å². The number of carbonyl (C=O) groups excluding carboxylic acids is 2. The van der Waals surface area contributed by atoms with Crippen molar-refractivity contribution in [3.63, 3.8) is 0 Å². The zero-order valence-electron chi connectivity index (χ0n) is 19.2. The number of ketones is 1. The molecule has 0 aliphatic carbocycles. The molecule has 1 unspecified atom stereocenters. The van der Waals surface area contributed by atoms with Crippen molar-refractivity contribution < 1.29 is 28.9 Å². The van der Waals surface area contributed by atoms with E-state index in [1.165, 1.54) is 32.3 Å². The first kappa shape index (κ1) is 24.4. The van der Waals surface area contributed by atoms with Crippen LogP contribution >= 0.6 is 11.6 Å². The number of aliphatic hydroxyl groups excluding tert-OH is 1. The summed E-state index contributed by atoms with van der Waals surface area (Å²) in [6.07, 6.45) is 0. The Balaban J connectivity index is 2.30. The number of ether oxygens (including phenoxy) is 3. The molecule has 2 aromatic carbocycles. The van der Waals surface area contributed by atoms with Crippen molar-refractivity contribution in [2.75, 3.05) is 48.5 Å². The highest BCUT2D eigenvalue weighted by atomic mass is 35.5. The van der Waals surface area contributed by atoms with Gasteiger partial charge in [0.2, 0.25) is 0 Å². The van der Waals surface area contributed by atoms with Gasteiger partial charge in [-0.1, -0.05) is 23.7 Å². The summed E-state index contributed by atoms with van der Waals surface area (Å²) in [5, 5.41) is 11.7. The lowest BCUT2D eigenvalue weighted by Gasteiger charge is -2.28. The molecule has 1 fully saturated rings. The lowest BCUT2D eigenvalue weighted by molar-refractivity contribution is -0.140. The van der Waals surface area contributed by atoms with Crippen molar-refractivity contribution in [1.29, 1.82) is 0 Å². The van der Waals surface area contributed by atoms with E-state index in [4.69, 9.17) is 25.8 Å². The molecule has 2 aromatic rings. The molecule has 0 bridgehead atoms. The van der Waals surface area contributed by atoms with Gasteiger partial charge < -0.3 is 29.1 Å². The first-order valence-corrected chi connectivity index (χ1v) is 10.6. The molecule has 1 heterocycles. The zero-order valence-corrected chi connectivity index (χ0v) is 20.0. The number of hydrogen-bond acceptors (Lipinski definition) is 7. The van der Waals surface area contributed by atoms with Gasteiger partial charge in [0.25, 0.3) is 11.7 Å². The molecule has 0 saturated carbocycles. The van der Waals surface area contributed by atoms with Crippen LogP contribution < -0.4 is 14.2 Å². The maximum Gasteiger partial charge on any atom is 0.295 e. The number of benzene rings is 2. The number of carbonyl (C=O) groups is 2. The van der Waals surface area contributed by atoms with E-state index in [1.54, 1.807) is 30.3 Å². The van der Waals surface area contributed by atoms with Crippen molar-refractivity contribution >= 4 is 29.1 Å². The number of hydrogen-bond donors (Lipinski definition) is 1. The number of likely N-dealkylation sites (N-methyl/N-ethyl adjacent to an activating group) is 1. The molecule has 1 aliphatic heterocycles. The SMILES string of the molecule is COc1ccc(Cl)cc1/C(O)=C1\C(=O)C(=O)N(CCN(C)C)C1c1cccc(OC)c1OC. The van der Waals surface area contributed by atoms with E-state index in [0.717, 1.165) is 0 Å². The minimum Gasteiger partial charge on any atom is -0.507 e. The van der Waals surface area contributed by atoms with Gasteiger partial charge in [0.1, 0.15) is 11.5 Å². The molecule has 1 amide bonds. The molecule has 176 valence electrons. The fourth-order valence-electron chi connectivity index (χ4n) is 3.88. The van der Waals surface area contributed by atoms with Crippen LogP contribution in [-0.4, -0.2) is 75.1 Å². The summed E-state index contributed by atoms with van der Waals surface area (Å²) in [6, 6.07) is 8.97. The highest BCUT2D eigenvalue weighted by Crippen LogP contribution is 2.46. The smallest absolute Gasteiger partial charge is 0.295 e. The zero-order chi connectivity index (χ0) is 24.3. The van der Waals surface area contributed by atoms with E-state index in [2.05, 4.69) is 0 Å². The lowest BCUT2D eigenvalue weighted by Crippen LogP contribution is -2.35. The number of amides is 1. The van der Waals surface area contributed by atoms with Gasteiger partial charge in [-0.15, -0.1) is 0 Å². The third-order valence-corrected chi connectivity index (χ3v) is 5.71. The number of methoxy groups -OCH3 is 3. The second-order valence-corrected chi connectivity index (χ2v) is 8.16. The van der Waals surface area contributed by atoms with Crippen LogP contribution in [0, 0.1) is 0 Å². The minimum atomic E-state index is -0.904. The molecule has 0 aromatic heterocycles. The number of likely N-dealkylation sites (tertiary alicyclic amines) is 1. The number of nitrogens with zero attached hydrogens (tertiary/aromatic N) is 2. The fraction of sp³-hybridized carbons (Fsp3) is 0.333. The Morgan fingerprint density at radius 2 is 1.76 bits per heavy atom. The first-order chi connectivity index (χ1) is 15.7. The molecule has 33 heavy (non-hydrogen) atoms. The predicted molar refractivity (Wildman–Crippen MR) is 125 cm³/mol. The van der Waals surface area contributed by atoms with Gasteiger partial charge in [0, 0.05) is 23.7 Å². The van der Waals surface area contributed by atoms with Gasteiger partial charge in [-0.25, -0.2) is 0 Å². The number of aliphatic hydroxyl groups is 1. The van der Waals surface area contributed by atoms with Crippen molar-refractivity contribution in [2.45, 2.75) is 6.04 Å². The molecule has 9 heteroatoms. The molecule has 1 atom stereocenters. The Morgan fingerprint density at radius 3 is 2.36 bits per heavy atom. The molecular formula is C24H27ClN2O6. The average molecular weight is 475 g/mol. The summed E-state index contributed by atoms with van der Waals surface area (Å²) in [4.78, 5) is 29.7. The van der Waals surface area contributed by atoms with E-state index >= 15 is 0 Å². The molecule has 8 nitrogen and oxygen atoms in total. The summed E-state index contributed by atoms with van der Waals surface area (Å²) < 4.78 is 16.4. The maximum atomic E-state index is 13.2. The monoisotopic (exact) mass is 474 g/mol. The summed E-state index contributed by atoms with van der Waals surface area (Å²) >= 11 is 6.15. The van der Waals surface area contributed by atoms with Gasteiger partial charge in [-0.2, -0.15) is 0 Å². The van der Waals surface area contributed by atoms with Crippen LogP contribution in [-0.2, 0) is 9.59 Å². The largest absolute Gasteiger partial charge is 0.507 e. The highest BCUT2D eigenvalue weighted by Gasteiger charge is 2.47. The summed E-state index contributed by atoms with van der Waals surface area (Å²) in [7, 11) is 8.16. The second kappa shape index (κ2) is 10.1. The molecular weight excluding hydrogens is 448 g/mol. The quantitative estimate of drug-likeness (QED) is 0.356. The van der Waals surface area contributed by atoms with Crippen LogP contribution in [0.15, 0.2) is 42.0 Å². The van der Waals surface area contributed by atoms with Crippen LogP contribution in [0.5, 0.6) is 17.2 Å².